The van der Waals surface area contributed by atoms with E-state index in [4.69, 9.17) is 23.7 Å². The van der Waals surface area contributed by atoms with Crippen LogP contribution in [0.25, 0.3) is 0 Å². The molecule has 1 aliphatic heterocycles. The van der Waals surface area contributed by atoms with E-state index < -0.39 is 59.6 Å². The van der Waals surface area contributed by atoms with Crippen LogP contribution in [-0.4, -0.2) is 83.5 Å². The number of aliphatic hydroxyl groups is 1. The molecule has 1 heterocycles. The molecule has 12 nitrogen and oxygen atoms in total. The number of likely N-dealkylation sites (N-methyl/N-ethyl adjacent to an activating group) is 1. The smallest absolute Gasteiger partial charge is 0.357 e. The van der Waals surface area contributed by atoms with Crippen molar-refractivity contribution in [3.63, 3.8) is 0 Å². The van der Waals surface area contributed by atoms with Crippen molar-refractivity contribution in [2.45, 2.75) is 75.4 Å². The van der Waals surface area contributed by atoms with Gasteiger partial charge in [0.1, 0.15) is 5.76 Å². The van der Waals surface area contributed by atoms with Crippen molar-refractivity contribution >= 4 is 23.9 Å². The zero-order valence-corrected chi connectivity index (χ0v) is 25.8. The van der Waals surface area contributed by atoms with Crippen molar-refractivity contribution in [2.75, 3.05) is 20.7 Å². The minimum atomic E-state index is -1.80. The Bertz CT molecular complexity index is 1540. The highest BCUT2D eigenvalue weighted by molar-refractivity contribution is 5.85. The van der Waals surface area contributed by atoms with Gasteiger partial charge in [-0.2, -0.15) is 0 Å². The number of hydrogen-bond acceptors (Lipinski definition) is 11. The third-order valence-corrected chi connectivity index (χ3v) is 9.19. The highest BCUT2D eigenvalue weighted by Gasteiger charge is 2.68. The number of carboxylic acids is 1. The summed E-state index contributed by atoms with van der Waals surface area (Å²) in [5.41, 5.74) is -0.267. The average Bonchev–Trinajstić information content (AvgIpc) is 3.34. The van der Waals surface area contributed by atoms with Gasteiger partial charge in [-0.05, 0) is 44.6 Å². The summed E-state index contributed by atoms with van der Waals surface area (Å²) in [6.07, 6.45) is -2.76. The molecule has 0 amide bonds. The number of rotatable bonds is 11. The predicted octanol–water partition coefficient (Wildman–Crippen LogP) is 2.84. The molecule has 0 radical (unpaired) electrons. The number of carbonyl (C=O) groups is 4. The zero-order chi connectivity index (χ0) is 32.7. The van der Waals surface area contributed by atoms with Gasteiger partial charge in [-0.3, -0.25) is 9.59 Å². The van der Waals surface area contributed by atoms with Gasteiger partial charge in [0.15, 0.2) is 17.6 Å². The Balaban J connectivity index is 1.48. The molecular formula is C33H37NO11. The standard InChI is InChI=1S/C33H37NO11/c1-6-34(4)24-16-20-12-13-21(41-5)28-26(20)32(3)29(45-28)22(14-15-33(24,32)40)43-31(39)27(19-10-8-7-9-11-19)44-25(36)17-23(30(37)38)42-18(2)35/h7-14,23-24,27,29,40H,6,15-17H2,1-5H3,(H,37,38)/t23-,24+,27-,29-,32-,33+/m0/s1. The summed E-state index contributed by atoms with van der Waals surface area (Å²) in [5.74, 6) is -3.39. The average molecular weight is 624 g/mol. The Morgan fingerprint density at radius 1 is 1.11 bits per heavy atom. The van der Waals surface area contributed by atoms with Gasteiger partial charge in [-0.15, -0.1) is 0 Å². The molecule has 5 rings (SSSR count). The summed E-state index contributed by atoms with van der Waals surface area (Å²) in [7, 11) is 3.49. The fraction of sp³-hybridized carbons (Fsp3) is 0.455. The van der Waals surface area contributed by atoms with E-state index in [2.05, 4.69) is 4.90 Å². The maximum absolute atomic E-state index is 13.8. The molecule has 2 N–H and O–H groups in total. The lowest BCUT2D eigenvalue weighted by Crippen LogP contribution is -2.69. The molecule has 2 aliphatic carbocycles. The number of carboxylic acid groups (broad SMARTS) is 1. The summed E-state index contributed by atoms with van der Waals surface area (Å²) in [4.78, 5) is 51.6. The zero-order valence-electron chi connectivity index (χ0n) is 25.8. The largest absolute Gasteiger partial charge is 0.493 e. The van der Waals surface area contributed by atoms with Crippen LogP contribution in [0.2, 0.25) is 0 Å². The molecule has 12 heteroatoms. The molecular weight excluding hydrogens is 586 g/mol. The third kappa shape index (κ3) is 5.42. The van der Waals surface area contributed by atoms with Gasteiger partial charge in [0.25, 0.3) is 0 Å². The second kappa shape index (κ2) is 12.2. The summed E-state index contributed by atoms with van der Waals surface area (Å²) in [6, 6.07) is 11.6. The predicted molar refractivity (Wildman–Crippen MR) is 157 cm³/mol. The summed E-state index contributed by atoms with van der Waals surface area (Å²) >= 11 is 0. The molecule has 0 fully saturated rings. The van der Waals surface area contributed by atoms with Gasteiger partial charge in [0.2, 0.25) is 12.2 Å². The number of carbonyl (C=O) groups excluding carboxylic acids is 3. The van der Waals surface area contributed by atoms with Gasteiger partial charge < -0.3 is 38.8 Å². The molecule has 0 spiro atoms. The molecule has 45 heavy (non-hydrogen) atoms. The SMILES string of the molecule is CCN(C)[C@@H]1Cc2ccc(OC)c3c2[C@@]2(C)[C@@H](O3)C(OC(=O)[C@@H](OC(=O)C[C@H](OC(C)=O)C(=O)O)c3ccccc3)=CC[C@@]12O. The lowest BCUT2D eigenvalue weighted by Gasteiger charge is -2.56. The van der Waals surface area contributed by atoms with Crippen LogP contribution in [0.4, 0.5) is 0 Å². The first kappa shape index (κ1) is 32.0. The van der Waals surface area contributed by atoms with Gasteiger partial charge in [0, 0.05) is 30.5 Å². The lowest BCUT2D eigenvalue weighted by molar-refractivity contribution is -0.175. The van der Waals surface area contributed by atoms with Crippen molar-refractivity contribution < 1.29 is 53.1 Å². The number of esters is 3. The van der Waals surface area contributed by atoms with E-state index in [0.717, 1.165) is 18.1 Å². The highest BCUT2D eigenvalue weighted by Crippen LogP contribution is 2.62. The fourth-order valence-corrected chi connectivity index (χ4v) is 6.81. The third-order valence-electron chi connectivity index (χ3n) is 9.19. The van der Waals surface area contributed by atoms with E-state index in [-0.39, 0.29) is 23.8 Å². The van der Waals surface area contributed by atoms with Crippen LogP contribution in [0.1, 0.15) is 56.4 Å². The van der Waals surface area contributed by atoms with Crippen LogP contribution in [0.5, 0.6) is 11.5 Å². The first-order chi connectivity index (χ1) is 21.3. The van der Waals surface area contributed by atoms with Gasteiger partial charge in [-0.1, -0.05) is 43.3 Å². The molecule has 0 saturated heterocycles. The van der Waals surface area contributed by atoms with Crippen molar-refractivity contribution in [1.29, 1.82) is 0 Å². The maximum atomic E-state index is 13.8. The molecule has 3 aliphatic rings. The van der Waals surface area contributed by atoms with Gasteiger partial charge in [-0.25, -0.2) is 9.59 Å². The summed E-state index contributed by atoms with van der Waals surface area (Å²) in [5, 5.41) is 21.8. The van der Waals surface area contributed by atoms with E-state index in [0.29, 0.717) is 24.5 Å². The number of benzene rings is 2. The normalized spacial score (nSPS) is 25.6. The van der Waals surface area contributed by atoms with E-state index in [1.165, 1.54) is 7.11 Å². The van der Waals surface area contributed by atoms with Crippen LogP contribution in [0, 0.1) is 0 Å². The van der Waals surface area contributed by atoms with Crippen LogP contribution in [0.15, 0.2) is 54.3 Å². The van der Waals surface area contributed by atoms with Crippen LogP contribution in [0.3, 0.4) is 0 Å². The minimum absolute atomic E-state index is 0.136. The number of aliphatic carboxylic acids is 1. The van der Waals surface area contributed by atoms with Crippen molar-refractivity contribution in [3.05, 3.63) is 71.0 Å². The van der Waals surface area contributed by atoms with Crippen LogP contribution >= 0.6 is 0 Å². The second-order valence-electron chi connectivity index (χ2n) is 11.7. The van der Waals surface area contributed by atoms with E-state index in [1.54, 1.807) is 36.4 Å². The topological polar surface area (TPSA) is 158 Å². The summed E-state index contributed by atoms with van der Waals surface area (Å²) < 4.78 is 28.2. The van der Waals surface area contributed by atoms with E-state index in [1.807, 2.05) is 33.0 Å². The number of nitrogens with zero attached hydrogens (tertiary/aromatic N) is 1. The molecule has 240 valence electrons. The highest BCUT2D eigenvalue weighted by atomic mass is 16.6. The van der Waals surface area contributed by atoms with Gasteiger partial charge >= 0.3 is 23.9 Å². The van der Waals surface area contributed by atoms with Crippen LogP contribution in [-0.2, 0) is 45.2 Å². The summed E-state index contributed by atoms with van der Waals surface area (Å²) in [6.45, 7) is 5.63. The van der Waals surface area contributed by atoms with Crippen molar-refractivity contribution in [1.82, 2.24) is 4.90 Å². The molecule has 6 atom stereocenters. The first-order valence-electron chi connectivity index (χ1n) is 14.7. The lowest BCUT2D eigenvalue weighted by atomic mass is 9.54. The molecule has 0 unspecified atom stereocenters. The fourth-order valence-electron chi connectivity index (χ4n) is 6.81. The maximum Gasteiger partial charge on any atom is 0.357 e. The first-order valence-corrected chi connectivity index (χ1v) is 14.7. The second-order valence-corrected chi connectivity index (χ2v) is 11.7. The van der Waals surface area contributed by atoms with E-state index >= 15 is 0 Å². The monoisotopic (exact) mass is 623 g/mol. The Morgan fingerprint density at radius 2 is 1.82 bits per heavy atom. The Hall–Kier alpha value is -4.42. The van der Waals surface area contributed by atoms with Crippen molar-refractivity contribution in [3.8, 4) is 11.5 Å². The Morgan fingerprint density at radius 3 is 2.44 bits per heavy atom. The molecule has 2 aromatic rings. The van der Waals surface area contributed by atoms with Crippen molar-refractivity contribution in [2.24, 2.45) is 0 Å². The minimum Gasteiger partial charge on any atom is -0.493 e. The molecule has 0 aromatic heterocycles. The van der Waals surface area contributed by atoms with E-state index in [9.17, 15) is 29.4 Å². The Kier molecular flexibility index (Phi) is 8.65. The number of ether oxygens (including phenoxy) is 5. The molecule has 0 saturated carbocycles. The van der Waals surface area contributed by atoms with Crippen LogP contribution < -0.4 is 9.47 Å². The molecule has 2 aromatic carbocycles. The number of methoxy groups -OCH3 is 1. The quantitative estimate of drug-likeness (QED) is 0.279. The van der Waals surface area contributed by atoms with Gasteiger partial charge in [0.05, 0.1) is 24.5 Å². The number of hydrogen-bond donors (Lipinski definition) is 2. The Labute approximate surface area is 260 Å². The molecule has 0 bridgehead atoms.